The molecule has 1 aliphatic carbocycles. The number of aryl methyl sites for hydroxylation is 1. The molecular formula is C27H25ClN10O. The number of hydrogen-bond acceptors (Lipinski definition) is 9. The molecule has 1 saturated carbocycles. The van der Waals surface area contributed by atoms with Crippen LogP contribution in [-0.2, 0) is 10.5 Å². The molecule has 0 spiro atoms. The summed E-state index contributed by atoms with van der Waals surface area (Å²) in [5, 5.41) is 26.1. The Labute approximate surface area is 229 Å². The number of hydrazine groups is 1. The van der Waals surface area contributed by atoms with Crippen molar-refractivity contribution in [2.24, 2.45) is 4.99 Å². The van der Waals surface area contributed by atoms with Crippen LogP contribution in [-0.4, -0.2) is 38.0 Å². The Bertz CT molecular complexity index is 1580. The molecule has 12 heteroatoms. The fourth-order valence-electron chi connectivity index (χ4n) is 4.76. The van der Waals surface area contributed by atoms with Gasteiger partial charge in [0.25, 0.3) is 0 Å². The summed E-state index contributed by atoms with van der Waals surface area (Å²) in [6, 6.07) is 15.4. The van der Waals surface area contributed by atoms with Gasteiger partial charge in [0.2, 0.25) is 5.91 Å². The van der Waals surface area contributed by atoms with E-state index in [1.807, 2.05) is 49.4 Å². The molecule has 1 unspecified atom stereocenters. The molecule has 39 heavy (non-hydrogen) atoms. The molecule has 2 aromatic carbocycles. The van der Waals surface area contributed by atoms with Gasteiger partial charge in [0.1, 0.15) is 23.8 Å². The molecule has 1 fully saturated rings. The largest absolute Gasteiger partial charge is 0.340 e. The monoisotopic (exact) mass is 540 g/mol. The summed E-state index contributed by atoms with van der Waals surface area (Å²) in [4.78, 5) is 23.6. The van der Waals surface area contributed by atoms with Crippen LogP contribution in [0.25, 0.3) is 0 Å². The van der Waals surface area contributed by atoms with E-state index < -0.39 is 5.66 Å². The van der Waals surface area contributed by atoms with Gasteiger partial charge in [-0.15, -0.1) is 0 Å². The van der Waals surface area contributed by atoms with E-state index in [0.717, 1.165) is 18.4 Å². The molecular weight excluding hydrogens is 516 g/mol. The lowest BCUT2D eigenvalue weighted by molar-refractivity contribution is -0.115. The molecule has 11 nitrogen and oxygen atoms in total. The first-order chi connectivity index (χ1) is 18.9. The number of rotatable bonds is 7. The molecule has 0 radical (unpaired) electrons. The number of carbonyl (C=O) groups is 1. The minimum atomic E-state index is -0.983. The van der Waals surface area contributed by atoms with Gasteiger partial charge in [-0.25, -0.2) is 15.0 Å². The zero-order valence-electron chi connectivity index (χ0n) is 21.2. The van der Waals surface area contributed by atoms with E-state index >= 15 is 0 Å². The molecule has 3 heterocycles. The van der Waals surface area contributed by atoms with Gasteiger partial charge >= 0.3 is 0 Å². The second-order valence-corrected chi connectivity index (χ2v) is 9.96. The molecule has 196 valence electrons. The highest BCUT2D eigenvalue weighted by atomic mass is 35.5. The summed E-state index contributed by atoms with van der Waals surface area (Å²) in [7, 11) is 0. The summed E-state index contributed by atoms with van der Waals surface area (Å²) >= 11 is 6.47. The van der Waals surface area contributed by atoms with E-state index in [0.29, 0.717) is 45.1 Å². The smallest absolute Gasteiger partial charge is 0.228 e. The van der Waals surface area contributed by atoms with Crippen LogP contribution < -0.4 is 21.0 Å². The number of para-hydroxylation sites is 1. The summed E-state index contributed by atoms with van der Waals surface area (Å²) < 4.78 is 0. The zero-order valence-corrected chi connectivity index (χ0v) is 22.0. The van der Waals surface area contributed by atoms with Gasteiger partial charge in [-0.2, -0.15) is 10.4 Å². The Morgan fingerprint density at radius 1 is 1.26 bits per heavy atom. The van der Waals surface area contributed by atoms with Crippen molar-refractivity contribution in [3.8, 4) is 6.07 Å². The van der Waals surface area contributed by atoms with Crippen LogP contribution in [0.1, 0.15) is 31.2 Å². The standard InChI is InChI=1S/C27H25ClN10O/c1-16-7-8-20(11-23(16)37(17(2)39)22-6-4-3-5-21(22)28)33-24-12-27(35-19-9-10-19,26-30-15-31-36-26)38-25(34-24)18(13-29)14-32-38/h3-8,11-12,14-15,19,32-33,35H,9-10H2,1-2H3,(H,30,31,36). The van der Waals surface area contributed by atoms with E-state index in [-0.39, 0.29) is 11.9 Å². The molecule has 1 atom stereocenters. The summed E-state index contributed by atoms with van der Waals surface area (Å²) in [6.07, 6.45) is 7.02. The lowest BCUT2D eigenvalue weighted by Crippen LogP contribution is -2.62. The van der Waals surface area contributed by atoms with Gasteiger partial charge in [0, 0.05) is 30.9 Å². The molecule has 3 aliphatic rings. The molecule has 0 bridgehead atoms. The number of aliphatic imine (C=N–C) groups is 1. The van der Waals surface area contributed by atoms with Crippen LogP contribution in [0.15, 0.2) is 77.5 Å². The quantitative estimate of drug-likeness (QED) is 0.353. The van der Waals surface area contributed by atoms with Crippen LogP contribution in [0.5, 0.6) is 0 Å². The van der Waals surface area contributed by atoms with E-state index in [1.165, 1.54) is 13.3 Å². The third kappa shape index (κ3) is 4.39. The first kappa shape index (κ1) is 24.7. The van der Waals surface area contributed by atoms with Crippen molar-refractivity contribution in [3.05, 3.63) is 88.9 Å². The van der Waals surface area contributed by atoms with Crippen molar-refractivity contribution in [1.82, 2.24) is 30.9 Å². The highest BCUT2D eigenvalue weighted by Crippen LogP contribution is 2.38. The maximum Gasteiger partial charge on any atom is 0.228 e. The van der Waals surface area contributed by atoms with Gasteiger partial charge < -0.3 is 10.7 Å². The summed E-state index contributed by atoms with van der Waals surface area (Å²) in [6.45, 7) is 3.44. The lowest BCUT2D eigenvalue weighted by atomic mass is 10.0. The van der Waals surface area contributed by atoms with Crippen LogP contribution in [0.3, 0.4) is 0 Å². The zero-order chi connectivity index (χ0) is 27.1. The average molecular weight is 541 g/mol. The third-order valence-corrected chi connectivity index (χ3v) is 7.06. The molecule has 1 amide bonds. The second kappa shape index (κ2) is 9.58. The summed E-state index contributed by atoms with van der Waals surface area (Å²) in [5.74, 6) is 1.32. The number of amidine groups is 1. The van der Waals surface area contributed by atoms with Crippen LogP contribution in [0.2, 0.25) is 5.02 Å². The number of carbonyl (C=O) groups excluding carboxylic acids is 1. The molecule has 4 N–H and O–H groups in total. The second-order valence-electron chi connectivity index (χ2n) is 9.55. The number of nitriles is 1. The van der Waals surface area contributed by atoms with Gasteiger partial charge in [-0.05, 0) is 49.6 Å². The van der Waals surface area contributed by atoms with Gasteiger partial charge in [0.15, 0.2) is 17.3 Å². The summed E-state index contributed by atoms with van der Waals surface area (Å²) in [5.41, 5.74) is 5.44. The van der Waals surface area contributed by atoms with Crippen LogP contribution in [0, 0.1) is 18.3 Å². The first-order valence-electron chi connectivity index (χ1n) is 12.4. The highest BCUT2D eigenvalue weighted by Gasteiger charge is 2.50. The highest BCUT2D eigenvalue weighted by molar-refractivity contribution is 6.34. The number of amides is 1. The number of aromatic amines is 1. The number of nitrogens with zero attached hydrogens (tertiary/aromatic N) is 6. The van der Waals surface area contributed by atoms with Gasteiger partial charge in [-0.3, -0.25) is 20.1 Å². The van der Waals surface area contributed by atoms with Crippen molar-refractivity contribution in [1.29, 1.82) is 5.26 Å². The third-order valence-electron chi connectivity index (χ3n) is 6.74. The average Bonchev–Trinajstić information content (AvgIpc) is 3.37. The Morgan fingerprint density at radius 2 is 2.08 bits per heavy atom. The topological polar surface area (TPSA) is 137 Å². The van der Waals surface area contributed by atoms with E-state index in [1.54, 1.807) is 22.2 Å². The van der Waals surface area contributed by atoms with E-state index in [9.17, 15) is 10.1 Å². The number of benzene rings is 2. The maximum atomic E-state index is 12.8. The normalized spacial score (nSPS) is 19.7. The number of fused-ring (bicyclic) bond motifs is 1. The predicted molar refractivity (Wildman–Crippen MR) is 147 cm³/mol. The van der Waals surface area contributed by atoms with Crippen molar-refractivity contribution in [2.75, 3.05) is 10.2 Å². The van der Waals surface area contributed by atoms with Gasteiger partial charge in [-0.1, -0.05) is 29.8 Å². The number of aromatic nitrogens is 3. The van der Waals surface area contributed by atoms with Crippen LogP contribution >= 0.6 is 11.6 Å². The Balaban J connectivity index is 1.42. The SMILES string of the molecule is CC(=O)N(c1cc(NC2=CC(NC3CC3)(c3ncn[nH]3)N3NC=C(C#N)C3=N2)ccc1C)c1ccccc1Cl. The number of hydrogen-bond donors (Lipinski definition) is 4. The lowest BCUT2D eigenvalue weighted by Gasteiger charge is -2.42. The fourth-order valence-corrected chi connectivity index (χ4v) is 4.98. The van der Waals surface area contributed by atoms with Crippen molar-refractivity contribution < 1.29 is 4.79 Å². The fraction of sp³-hybridized carbons (Fsp3) is 0.222. The molecule has 2 aliphatic heterocycles. The van der Waals surface area contributed by atoms with E-state index in [4.69, 9.17) is 16.6 Å². The Hall–Kier alpha value is -4.66. The number of H-pyrrole nitrogens is 1. The first-order valence-corrected chi connectivity index (χ1v) is 12.8. The van der Waals surface area contributed by atoms with E-state index in [2.05, 4.69) is 37.3 Å². The van der Waals surface area contributed by atoms with Crippen molar-refractivity contribution in [2.45, 2.75) is 38.4 Å². The molecule has 3 aromatic rings. The minimum absolute atomic E-state index is 0.171. The predicted octanol–water partition coefficient (Wildman–Crippen LogP) is 3.95. The molecule has 1 aromatic heterocycles. The van der Waals surface area contributed by atoms with Crippen molar-refractivity contribution in [3.63, 3.8) is 0 Å². The number of halogens is 1. The molecule has 6 rings (SSSR count). The Morgan fingerprint density at radius 3 is 2.77 bits per heavy atom. The molecule has 0 saturated heterocycles. The number of anilines is 3. The van der Waals surface area contributed by atoms with Gasteiger partial charge in [0.05, 0.1) is 16.4 Å². The number of nitrogens with one attached hydrogen (secondary N) is 4. The minimum Gasteiger partial charge on any atom is -0.340 e. The van der Waals surface area contributed by atoms with Crippen molar-refractivity contribution >= 4 is 40.4 Å². The van der Waals surface area contributed by atoms with Crippen LogP contribution in [0.4, 0.5) is 17.1 Å². The Kier molecular flexibility index (Phi) is 6.06. The maximum absolute atomic E-state index is 12.8.